The lowest BCUT2D eigenvalue weighted by atomic mass is 9.86. The molecule has 0 radical (unpaired) electrons. The molecule has 0 saturated heterocycles. The highest BCUT2D eigenvalue weighted by molar-refractivity contribution is 6.05. The van der Waals surface area contributed by atoms with Crippen molar-refractivity contribution in [2.45, 2.75) is 73.0 Å². The fourth-order valence-corrected chi connectivity index (χ4v) is 5.85. The quantitative estimate of drug-likeness (QED) is 0.249. The predicted octanol–water partition coefficient (Wildman–Crippen LogP) is 5.54. The number of furan rings is 1. The molecule has 1 aromatic carbocycles. The van der Waals surface area contributed by atoms with Crippen LogP contribution in [0.5, 0.6) is 0 Å². The molecule has 0 atom stereocenters. The lowest BCUT2D eigenvalue weighted by molar-refractivity contribution is -0.105. The summed E-state index contributed by atoms with van der Waals surface area (Å²) < 4.78 is 13.9. The molecule has 9 nitrogen and oxygen atoms in total. The smallest absolute Gasteiger partial charge is 0.305 e. The maximum Gasteiger partial charge on any atom is 0.305 e. The van der Waals surface area contributed by atoms with Crippen LogP contribution in [-0.2, 0) is 29.4 Å². The number of hydrazine groups is 1. The molecule has 1 aliphatic heterocycles. The summed E-state index contributed by atoms with van der Waals surface area (Å²) in [5.41, 5.74) is 11.9. The van der Waals surface area contributed by atoms with E-state index in [1.165, 1.54) is 18.1 Å². The average molecular weight is 530 g/mol. The number of hydrogen-bond donors (Lipinski definition) is 2. The van der Waals surface area contributed by atoms with Gasteiger partial charge in [-0.2, -0.15) is 5.10 Å². The van der Waals surface area contributed by atoms with Crippen LogP contribution in [0.25, 0.3) is 11.0 Å². The molecule has 5 rings (SSSR count). The second-order valence-corrected chi connectivity index (χ2v) is 11.4. The van der Waals surface area contributed by atoms with Gasteiger partial charge in [-0.3, -0.25) is 25.1 Å². The molecule has 1 aliphatic rings. The number of carbonyl (C=O) groups is 2. The maximum absolute atomic E-state index is 12.9. The van der Waals surface area contributed by atoms with Gasteiger partial charge in [0.1, 0.15) is 5.76 Å². The van der Waals surface area contributed by atoms with E-state index >= 15 is 0 Å². The van der Waals surface area contributed by atoms with Crippen molar-refractivity contribution in [3.8, 4) is 0 Å². The third-order valence-electron chi connectivity index (χ3n) is 7.58. The number of hydrogen-bond acceptors (Lipinski definition) is 7. The van der Waals surface area contributed by atoms with E-state index in [0.717, 1.165) is 27.8 Å². The Labute approximate surface area is 227 Å². The highest BCUT2D eigenvalue weighted by Gasteiger charge is 2.43. The SMILES string of the molecule is CC(=O)c1c(NNC(=O)c2ccc(Cc3cc4c(cc3C)C(C)(C)OC4(C)C)o2)nc2c(c(C)nn2C)c1C. The van der Waals surface area contributed by atoms with Gasteiger partial charge < -0.3 is 9.15 Å². The van der Waals surface area contributed by atoms with Crippen molar-refractivity contribution < 1.29 is 18.7 Å². The first kappa shape index (κ1) is 26.6. The number of benzene rings is 1. The lowest BCUT2D eigenvalue weighted by Crippen LogP contribution is -2.30. The topological polar surface area (TPSA) is 111 Å². The van der Waals surface area contributed by atoms with Crippen molar-refractivity contribution >= 4 is 28.5 Å². The Kier molecular flexibility index (Phi) is 6.18. The monoisotopic (exact) mass is 529 g/mol. The molecule has 1 amide bonds. The number of amides is 1. The van der Waals surface area contributed by atoms with Crippen LogP contribution in [0.3, 0.4) is 0 Å². The van der Waals surface area contributed by atoms with Crippen LogP contribution < -0.4 is 10.9 Å². The molecular weight excluding hydrogens is 494 g/mol. The lowest BCUT2D eigenvalue weighted by Gasteiger charge is -2.24. The Hall–Kier alpha value is -3.98. The second kappa shape index (κ2) is 9.05. The number of carbonyl (C=O) groups excluding carboxylic acids is 2. The zero-order valence-electron chi connectivity index (χ0n) is 24.0. The predicted molar refractivity (Wildman–Crippen MR) is 149 cm³/mol. The number of ketones is 1. The van der Waals surface area contributed by atoms with Crippen LogP contribution in [0.1, 0.15) is 94.8 Å². The van der Waals surface area contributed by atoms with Gasteiger partial charge in [0.05, 0.1) is 22.5 Å². The number of pyridine rings is 1. The zero-order chi connectivity index (χ0) is 28.4. The van der Waals surface area contributed by atoms with Gasteiger partial charge in [-0.25, -0.2) is 4.98 Å². The summed E-state index contributed by atoms with van der Waals surface area (Å²) in [7, 11) is 1.79. The third kappa shape index (κ3) is 4.50. The van der Waals surface area contributed by atoms with Crippen molar-refractivity contribution in [3.05, 3.63) is 74.9 Å². The Bertz CT molecular complexity index is 1660. The second-order valence-electron chi connectivity index (χ2n) is 11.4. The molecule has 2 N–H and O–H groups in total. The van der Waals surface area contributed by atoms with Crippen LogP contribution in [0, 0.1) is 20.8 Å². The summed E-state index contributed by atoms with van der Waals surface area (Å²) in [5, 5.41) is 5.25. The number of ether oxygens (including phenoxy) is 1. The highest BCUT2D eigenvalue weighted by Crippen LogP contribution is 2.47. The number of fused-ring (bicyclic) bond motifs is 2. The van der Waals surface area contributed by atoms with E-state index in [9.17, 15) is 9.59 Å². The summed E-state index contributed by atoms with van der Waals surface area (Å²) in [4.78, 5) is 30.0. The van der Waals surface area contributed by atoms with Gasteiger partial charge in [0.25, 0.3) is 0 Å². The number of aromatic nitrogens is 3. The van der Waals surface area contributed by atoms with Gasteiger partial charge in [0, 0.05) is 18.9 Å². The van der Waals surface area contributed by atoms with E-state index in [2.05, 4.69) is 67.7 Å². The first-order valence-electron chi connectivity index (χ1n) is 13.0. The maximum atomic E-state index is 12.9. The molecule has 0 bridgehead atoms. The van der Waals surface area contributed by atoms with E-state index < -0.39 is 5.91 Å². The first-order chi connectivity index (χ1) is 18.2. The van der Waals surface area contributed by atoms with Crippen LogP contribution in [0.2, 0.25) is 0 Å². The normalized spacial score (nSPS) is 15.4. The molecule has 0 spiro atoms. The van der Waals surface area contributed by atoms with Crippen molar-refractivity contribution in [3.63, 3.8) is 0 Å². The summed E-state index contributed by atoms with van der Waals surface area (Å²) in [6.07, 6.45) is 0.544. The minimum Gasteiger partial charge on any atom is -0.456 e. The van der Waals surface area contributed by atoms with E-state index in [1.54, 1.807) is 23.9 Å². The fourth-order valence-electron chi connectivity index (χ4n) is 5.85. The average Bonchev–Trinajstić information content (AvgIpc) is 3.45. The number of Topliss-reactive ketones (excluding diaryl/α,β-unsaturated/α-hetero) is 1. The molecule has 39 heavy (non-hydrogen) atoms. The van der Waals surface area contributed by atoms with E-state index in [0.29, 0.717) is 23.4 Å². The first-order valence-corrected chi connectivity index (χ1v) is 13.0. The van der Waals surface area contributed by atoms with Crippen LogP contribution in [0.4, 0.5) is 5.82 Å². The fraction of sp³-hybridized carbons (Fsp3) is 0.400. The molecule has 9 heteroatoms. The van der Waals surface area contributed by atoms with Crippen molar-refractivity contribution in [1.29, 1.82) is 0 Å². The van der Waals surface area contributed by atoms with E-state index in [-0.39, 0.29) is 28.6 Å². The molecule has 0 fully saturated rings. The van der Waals surface area contributed by atoms with E-state index in [4.69, 9.17) is 9.15 Å². The summed E-state index contributed by atoms with van der Waals surface area (Å²) in [6.45, 7) is 15.7. The molecular formula is C30H35N5O4. The van der Waals surface area contributed by atoms with Gasteiger partial charge in [-0.1, -0.05) is 12.1 Å². The molecule has 3 aromatic heterocycles. The van der Waals surface area contributed by atoms with Gasteiger partial charge in [0.15, 0.2) is 23.0 Å². The van der Waals surface area contributed by atoms with Gasteiger partial charge in [-0.05, 0) is 95.3 Å². The molecule has 204 valence electrons. The summed E-state index contributed by atoms with van der Waals surface area (Å²) in [6, 6.07) is 7.84. The third-order valence-corrected chi connectivity index (χ3v) is 7.58. The largest absolute Gasteiger partial charge is 0.456 e. The zero-order valence-corrected chi connectivity index (χ0v) is 24.0. The highest BCUT2D eigenvalue weighted by atomic mass is 16.5. The number of nitrogens with one attached hydrogen (secondary N) is 2. The minimum atomic E-state index is -0.474. The van der Waals surface area contributed by atoms with Crippen LogP contribution in [-0.4, -0.2) is 26.5 Å². The Morgan fingerprint density at radius 1 is 1.03 bits per heavy atom. The van der Waals surface area contributed by atoms with E-state index in [1.807, 2.05) is 13.8 Å². The van der Waals surface area contributed by atoms with Gasteiger partial charge >= 0.3 is 5.91 Å². The van der Waals surface area contributed by atoms with Crippen LogP contribution in [0.15, 0.2) is 28.7 Å². The molecule has 4 aromatic rings. The number of anilines is 1. The number of nitrogens with zero attached hydrogens (tertiary/aromatic N) is 3. The number of rotatable bonds is 6. The Morgan fingerprint density at radius 3 is 2.36 bits per heavy atom. The van der Waals surface area contributed by atoms with Crippen LogP contribution >= 0.6 is 0 Å². The number of aryl methyl sites for hydroxylation is 4. The molecule has 0 saturated carbocycles. The summed E-state index contributed by atoms with van der Waals surface area (Å²) >= 11 is 0. The van der Waals surface area contributed by atoms with Crippen molar-refractivity contribution in [2.75, 3.05) is 5.43 Å². The molecule has 4 heterocycles. The Morgan fingerprint density at radius 2 is 1.69 bits per heavy atom. The van der Waals surface area contributed by atoms with Gasteiger partial charge in [-0.15, -0.1) is 0 Å². The minimum absolute atomic E-state index is 0.152. The van der Waals surface area contributed by atoms with Gasteiger partial charge in [0.2, 0.25) is 0 Å². The van der Waals surface area contributed by atoms with Crippen molar-refractivity contribution in [2.24, 2.45) is 7.05 Å². The standard InChI is InChI=1S/C30H35N5O4/c1-15-12-21-22(30(7,8)39-29(21,5)6)14-19(15)13-20-10-11-23(38-20)28(37)33-32-26-25(18(4)36)16(2)24-17(3)34-35(9)27(24)31-26/h10-12,14H,13H2,1-9H3,(H,31,32)(H,33,37). The molecule has 0 aliphatic carbocycles. The summed E-state index contributed by atoms with van der Waals surface area (Å²) in [5.74, 6) is 0.448. The Balaban J connectivity index is 1.36. The van der Waals surface area contributed by atoms with Crippen molar-refractivity contribution in [1.82, 2.24) is 20.2 Å². The molecule has 0 unspecified atom stereocenters.